The fourth-order valence-electron chi connectivity index (χ4n) is 4.93. The van der Waals surface area contributed by atoms with Crippen molar-refractivity contribution in [3.8, 4) is 6.07 Å². The van der Waals surface area contributed by atoms with Gasteiger partial charge in [-0.3, -0.25) is 19.2 Å². The molecule has 9 heteroatoms. The molecule has 2 aliphatic heterocycles. The number of carbonyl (C=O) groups is 4. The van der Waals surface area contributed by atoms with Crippen molar-refractivity contribution in [2.24, 2.45) is 5.41 Å². The molecular formula is C27H29N5O4. The molecule has 0 unspecified atom stereocenters. The zero-order valence-corrected chi connectivity index (χ0v) is 20.5. The highest BCUT2D eigenvalue weighted by Gasteiger charge is 2.56. The molecule has 1 fully saturated rings. The van der Waals surface area contributed by atoms with Crippen LogP contribution in [-0.4, -0.2) is 47.2 Å². The Morgan fingerprint density at radius 2 is 1.78 bits per heavy atom. The second-order valence-corrected chi connectivity index (χ2v) is 10.5. The van der Waals surface area contributed by atoms with Crippen molar-refractivity contribution in [1.29, 1.82) is 5.26 Å². The van der Waals surface area contributed by atoms with Gasteiger partial charge in [-0.25, -0.2) is 0 Å². The second kappa shape index (κ2) is 9.46. The van der Waals surface area contributed by atoms with Crippen molar-refractivity contribution < 1.29 is 19.2 Å². The first kappa shape index (κ1) is 24.9. The van der Waals surface area contributed by atoms with Crippen LogP contribution in [0.1, 0.15) is 39.2 Å². The van der Waals surface area contributed by atoms with Gasteiger partial charge in [-0.1, -0.05) is 57.2 Å². The lowest BCUT2D eigenvalue weighted by Gasteiger charge is -2.31. The van der Waals surface area contributed by atoms with Gasteiger partial charge in [-0.15, -0.1) is 0 Å². The van der Waals surface area contributed by atoms with Crippen molar-refractivity contribution in [3.63, 3.8) is 0 Å². The third-order valence-electron chi connectivity index (χ3n) is 6.57. The van der Waals surface area contributed by atoms with Crippen LogP contribution in [0.25, 0.3) is 0 Å². The Morgan fingerprint density at radius 1 is 1.11 bits per heavy atom. The number of hydrogen-bond acceptors (Lipinski definition) is 5. The minimum atomic E-state index is -1.05. The maximum Gasteiger partial charge on any atom is 0.313 e. The molecular weight excluding hydrogens is 458 g/mol. The van der Waals surface area contributed by atoms with Gasteiger partial charge in [0.2, 0.25) is 11.8 Å². The number of amides is 4. The van der Waals surface area contributed by atoms with Crippen LogP contribution >= 0.6 is 0 Å². The van der Waals surface area contributed by atoms with E-state index >= 15 is 0 Å². The fourth-order valence-corrected chi connectivity index (χ4v) is 4.93. The summed E-state index contributed by atoms with van der Waals surface area (Å²) in [4.78, 5) is 53.4. The van der Waals surface area contributed by atoms with E-state index in [1.807, 2.05) is 39.0 Å². The Hall–Kier alpha value is -4.19. The molecule has 36 heavy (non-hydrogen) atoms. The molecule has 1 saturated heterocycles. The summed E-state index contributed by atoms with van der Waals surface area (Å²) in [7, 11) is 0. The fraction of sp³-hybridized carbons (Fsp3) is 0.370. The summed E-state index contributed by atoms with van der Waals surface area (Å²) >= 11 is 0. The molecule has 4 amide bonds. The molecule has 2 aromatic carbocycles. The van der Waals surface area contributed by atoms with E-state index in [4.69, 9.17) is 0 Å². The number of benzene rings is 2. The van der Waals surface area contributed by atoms with E-state index in [2.05, 4.69) is 22.0 Å². The van der Waals surface area contributed by atoms with E-state index < -0.39 is 35.2 Å². The number of nitrogens with one attached hydrogen (secondary N) is 3. The van der Waals surface area contributed by atoms with Crippen LogP contribution in [-0.2, 0) is 24.6 Å². The SMILES string of the molecule is CC(C)(C)C[C@H](NC(=O)C(=O)Nc1ccccc1)C(=O)N1C[C@]2(C[C@H]1C#N)C(=O)Nc1ccccc12. The van der Waals surface area contributed by atoms with E-state index in [-0.39, 0.29) is 30.7 Å². The maximum atomic E-state index is 13.8. The topological polar surface area (TPSA) is 131 Å². The molecule has 0 aliphatic carbocycles. The van der Waals surface area contributed by atoms with Gasteiger partial charge >= 0.3 is 11.8 Å². The van der Waals surface area contributed by atoms with Crippen LogP contribution in [0, 0.1) is 16.7 Å². The molecule has 186 valence electrons. The Bertz CT molecular complexity index is 1250. The van der Waals surface area contributed by atoms with Crippen molar-refractivity contribution in [3.05, 3.63) is 60.2 Å². The lowest BCUT2D eigenvalue weighted by atomic mass is 9.80. The zero-order valence-electron chi connectivity index (χ0n) is 20.5. The van der Waals surface area contributed by atoms with E-state index in [9.17, 15) is 24.4 Å². The summed E-state index contributed by atoms with van der Waals surface area (Å²) in [6, 6.07) is 16.0. The Morgan fingerprint density at radius 3 is 2.44 bits per heavy atom. The van der Waals surface area contributed by atoms with E-state index in [1.165, 1.54) is 4.90 Å². The number of likely N-dealkylation sites (tertiary alicyclic amines) is 1. The first-order chi connectivity index (χ1) is 17.0. The predicted molar refractivity (Wildman–Crippen MR) is 134 cm³/mol. The minimum absolute atomic E-state index is 0.0135. The quantitative estimate of drug-likeness (QED) is 0.571. The number of anilines is 2. The summed E-state index contributed by atoms with van der Waals surface area (Å²) in [5, 5.41) is 17.8. The van der Waals surface area contributed by atoms with Gasteiger partial charge in [0.05, 0.1) is 11.5 Å². The summed E-state index contributed by atoms with van der Waals surface area (Å²) in [6.45, 7) is 5.76. The van der Waals surface area contributed by atoms with Crippen LogP contribution in [0.5, 0.6) is 0 Å². The van der Waals surface area contributed by atoms with Gasteiger partial charge in [0.1, 0.15) is 12.1 Å². The first-order valence-electron chi connectivity index (χ1n) is 11.8. The number of nitriles is 1. The van der Waals surface area contributed by atoms with Crippen LogP contribution < -0.4 is 16.0 Å². The third-order valence-corrected chi connectivity index (χ3v) is 6.57. The Kier molecular flexibility index (Phi) is 6.55. The number of para-hydroxylation sites is 2. The van der Waals surface area contributed by atoms with Gasteiger partial charge in [0.15, 0.2) is 0 Å². The molecule has 0 saturated carbocycles. The largest absolute Gasteiger partial charge is 0.336 e. The zero-order chi connectivity index (χ0) is 26.1. The number of nitrogens with zero attached hydrogens (tertiary/aromatic N) is 2. The average molecular weight is 488 g/mol. The number of rotatable bonds is 4. The minimum Gasteiger partial charge on any atom is -0.336 e. The van der Waals surface area contributed by atoms with Gasteiger partial charge in [0.25, 0.3) is 0 Å². The van der Waals surface area contributed by atoms with Crippen LogP contribution in [0.3, 0.4) is 0 Å². The second-order valence-electron chi connectivity index (χ2n) is 10.5. The van der Waals surface area contributed by atoms with E-state index in [0.717, 1.165) is 5.56 Å². The molecule has 2 heterocycles. The molecule has 4 rings (SSSR count). The summed E-state index contributed by atoms with van der Waals surface area (Å²) in [5.74, 6) is -2.59. The van der Waals surface area contributed by atoms with Crippen LogP contribution in [0.15, 0.2) is 54.6 Å². The number of fused-ring (bicyclic) bond motifs is 2. The average Bonchev–Trinajstić information content (AvgIpc) is 3.36. The Balaban J connectivity index is 1.57. The highest BCUT2D eigenvalue weighted by molar-refractivity contribution is 6.40. The maximum absolute atomic E-state index is 13.8. The number of hydrogen-bond donors (Lipinski definition) is 3. The smallest absolute Gasteiger partial charge is 0.313 e. The van der Waals surface area contributed by atoms with E-state index in [0.29, 0.717) is 11.4 Å². The molecule has 0 aromatic heterocycles. The van der Waals surface area contributed by atoms with Gasteiger partial charge in [-0.2, -0.15) is 5.26 Å². The molecule has 1 spiro atoms. The van der Waals surface area contributed by atoms with Crippen molar-refractivity contribution in [1.82, 2.24) is 10.2 Å². The first-order valence-corrected chi connectivity index (χ1v) is 11.8. The van der Waals surface area contributed by atoms with E-state index in [1.54, 1.807) is 36.4 Å². The monoisotopic (exact) mass is 487 g/mol. The molecule has 2 aromatic rings. The van der Waals surface area contributed by atoms with Gasteiger partial charge in [-0.05, 0) is 35.6 Å². The molecule has 3 N–H and O–H groups in total. The lowest BCUT2D eigenvalue weighted by molar-refractivity contribution is -0.141. The highest BCUT2D eigenvalue weighted by Crippen LogP contribution is 2.46. The number of carbonyl (C=O) groups excluding carboxylic acids is 4. The normalized spacial score (nSPS) is 21.3. The molecule has 3 atom stereocenters. The predicted octanol–water partition coefficient (Wildman–Crippen LogP) is 2.56. The Labute approximate surface area is 209 Å². The standard InChI is InChI=1S/C27H29N5O4/c1-26(2,3)14-21(30-23(34)22(33)29-17-9-5-4-6-10-17)24(35)32-16-27(13-18(32)15-28)19-11-7-8-12-20(19)31-25(27)36/h4-12,18,21H,13-14,16H2,1-3H3,(H,29,33)(H,30,34)(H,31,36)/t18-,21-,27-/m0/s1. The van der Waals surface area contributed by atoms with Crippen molar-refractivity contribution in [2.45, 2.75) is 51.1 Å². The molecule has 0 bridgehead atoms. The van der Waals surface area contributed by atoms with Gasteiger partial charge in [0, 0.05) is 24.3 Å². The summed E-state index contributed by atoms with van der Waals surface area (Å²) < 4.78 is 0. The van der Waals surface area contributed by atoms with Crippen LogP contribution in [0.4, 0.5) is 11.4 Å². The van der Waals surface area contributed by atoms with Crippen molar-refractivity contribution in [2.75, 3.05) is 17.2 Å². The van der Waals surface area contributed by atoms with Gasteiger partial charge < -0.3 is 20.9 Å². The lowest BCUT2D eigenvalue weighted by Crippen LogP contribution is -2.53. The molecule has 9 nitrogen and oxygen atoms in total. The summed E-state index contributed by atoms with van der Waals surface area (Å²) in [5.41, 5.74) is 0.469. The third kappa shape index (κ3) is 4.80. The highest BCUT2D eigenvalue weighted by atomic mass is 16.2. The molecule has 0 radical (unpaired) electrons. The summed E-state index contributed by atoms with van der Waals surface area (Å²) in [6.07, 6.45) is 0.392. The van der Waals surface area contributed by atoms with Crippen molar-refractivity contribution >= 4 is 35.0 Å². The molecule has 2 aliphatic rings. The van der Waals surface area contributed by atoms with Crippen LogP contribution in [0.2, 0.25) is 0 Å².